The van der Waals surface area contributed by atoms with Gasteiger partial charge in [-0.05, 0) is 0 Å². The van der Waals surface area contributed by atoms with Crippen molar-refractivity contribution in [3.05, 3.63) is 12.0 Å². The predicted octanol–water partition coefficient (Wildman–Crippen LogP) is -1.04. The van der Waals surface area contributed by atoms with Gasteiger partial charge in [0.05, 0.1) is 25.8 Å². The van der Waals surface area contributed by atoms with E-state index in [9.17, 15) is 14.6 Å². The van der Waals surface area contributed by atoms with Crippen molar-refractivity contribution in [3.8, 4) is 0 Å². The Morgan fingerprint density at radius 1 is 1.50 bits per heavy atom. The third kappa shape index (κ3) is 1.99. The van der Waals surface area contributed by atoms with Crippen LogP contribution in [0.1, 0.15) is 18.0 Å². The van der Waals surface area contributed by atoms with Gasteiger partial charge in [-0.25, -0.2) is 9.37 Å². The molecule has 2 aliphatic heterocycles. The van der Waals surface area contributed by atoms with Gasteiger partial charge in [0.2, 0.25) is 0 Å². The second kappa shape index (κ2) is 5.09. The molecule has 110 valence electrons. The summed E-state index contributed by atoms with van der Waals surface area (Å²) in [4.78, 5) is 7.94. The lowest BCUT2D eigenvalue weighted by Crippen LogP contribution is -2.30. The number of aromatic nitrogens is 2. The number of aliphatic hydroxyl groups excluding tert-OH is 3. The number of nitrogens with zero attached hydrogens (tertiary/aromatic N) is 3. The molecule has 0 aliphatic carbocycles. The van der Waals surface area contributed by atoms with Crippen molar-refractivity contribution < 1.29 is 24.4 Å². The Morgan fingerprint density at radius 3 is 3.00 bits per heavy atom. The van der Waals surface area contributed by atoms with Gasteiger partial charge >= 0.3 is 0 Å². The third-order valence-electron chi connectivity index (χ3n) is 3.46. The van der Waals surface area contributed by atoms with Crippen LogP contribution in [0.4, 0.5) is 10.2 Å². The molecule has 3 rings (SSSR count). The quantitative estimate of drug-likeness (QED) is 0.552. The number of anilines is 1. The molecule has 1 saturated heterocycles. The SMILES string of the molecule is OCC1OC(n2cnc3c2NC=NC[C@@H]3O)C(F)C1O. The number of nitrogens with one attached hydrogen (secondary N) is 1. The Bertz CT molecular complexity index is 523. The van der Waals surface area contributed by atoms with Gasteiger partial charge < -0.3 is 25.4 Å². The zero-order valence-electron chi connectivity index (χ0n) is 10.4. The Kier molecular flexibility index (Phi) is 3.42. The van der Waals surface area contributed by atoms with Crippen LogP contribution < -0.4 is 5.32 Å². The molecule has 1 fully saturated rings. The second-order valence-corrected chi connectivity index (χ2v) is 4.72. The van der Waals surface area contributed by atoms with E-state index in [1.807, 2.05) is 0 Å². The highest BCUT2D eigenvalue weighted by molar-refractivity contribution is 5.76. The Labute approximate surface area is 113 Å². The van der Waals surface area contributed by atoms with Crippen molar-refractivity contribution in [1.82, 2.24) is 9.55 Å². The van der Waals surface area contributed by atoms with Crippen molar-refractivity contribution in [2.75, 3.05) is 18.5 Å². The number of hydrogen-bond donors (Lipinski definition) is 4. The van der Waals surface area contributed by atoms with E-state index in [-0.39, 0.29) is 6.54 Å². The highest BCUT2D eigenvalue weighted by Gasteiger charge is 2.45. The Hall–Kier alpha value is -1.55. The van der Waals surface area contributed by atoms with Crippen LogP contribution in [0, 0.1) is 0 Å². The maximum Gasteiger partial charge on any atom is 0.173 e. The summed E-state index contributed by atoms with van der Waals surface area (Å²) >= 11 is 0. The minimum atomic E-state index is -1.70. The number of aliphatic imine (C=N–C) groups is 1. The fourth-order valence-electron chi connectivity index (χ4n) is 2.39. The van der Waals surface area contributed by atoms with Crippen LogP contribution in [0.25, 0.3) is 0 Å². The summed E-state index contributed by atoms with van der Waals surface area (Å²) < 4.78 is 20.7. The molecule has 3 heterocycles. The fraction of sp³-hybridized carbons (Fsp3) is 0.636. The van der Waals surface area contributed by atoms with Crippen molar-refractivity contribution in [2.24, 2.45) is 4.99 Å². The molecule has 8 nitrogen and oxygen atoms in total. The van der Waals surface area contributed by atoms with Crippen LogP contribution in [0.2, 0.25) is 0 Å². The molecule has 1 aromatic heterocycles. The predicted molar refractivity (Wildman–Crippen MR) is 66.1 cm³/mol. The molecule has 0 aromatic carbocycles. The van der Waals surface area contributed by atoms with Gasteiger partial charge in [-0.3, -0.25) is 9.56 Å². The van der Waals surface area contributed by atoms with Gasteiger partial charge in [0.1, 0.15) is 29.8 Å². The second-order valence-electron chi connectivity index (χ2n) is 4.72. The number of ether oxygens (including phenoxy) is 1. The molecule has 0 radical (unpaired) electrons. The first-order valence-corrected chi connectivity index (χ1v) is 6.21. The van der Waals surface area contributed by atoms with Crippen LogP contribution in [0.3, 0.4) is 0 Å². The minimum absolute atomic E-state index is 0.156. The first kappa shape index (κ1) is 13.4. The highest BCUT2D eigenvalue weighted by Crippen LogP contribution is 2.36. The van der Waals surface area contributed by atoms with Gasteiger partial charge in [-0.2, -0.15) is 0 Å². The number of fused-ring (bicyclic) bond motifs is 1. The third-order valence-corrected chi connectivity index (χ3v) is 3.46. The summed E-state index contributed by atoms with van der Waals surface area (Å²) in [6, 6.07) is 0. The van der Waals surface area contributed by atoms with E-state index in [0.29, 0.717) is 11.5 Å². The van der Waals surface area contributed by atoms with E-state index in [1.165, 1.54) is 17.2 Å². The maximum absolute atomic E-state index is 14.1. The summed E-state index contributed by atoms with van der Waals surface area (Å²) in [6.07, 6.45) is -3.41. The van der Waals surface area contributed by atoms with Crippen molar-refractivity contribution in [3.63, 3.8) is 0 Å². The first-order chi connectivity index (χ1) is 9.63. The molecule has 9 heteroatoms. The van der Waals surface area contributed by atoms with E-state index < -0.39 is 37.3 Å². The Morgan fingerprint density at radius 2 is 2.30 bits per heavy atom. The highest BCUT2D eigenvalue weighted by atomic mass is 19.1. The molecule has 0 spiro atoms. The molecule has 0 saturated carbocycles. The largest absolute Gasteiger partial charge is 0.394 e. The molecule has 5 atom stereocenters. The molecular formula is C11H15FN4O4. The number of imidazole rings is 1. The van der Waals surface area contributed by atoms with Crippen LogP contribution in [-0.4, -0.2) is 62.7 Å². The summed E-state index contributed by atoms with van der Waals surface area (Å²) in [5.41, 5.74) is 0.334. The van der Waals surface area contributed by atoms with Crippen LogP contribution in [0.15, 0.2) is 11.3 Å². The molecule has 0 bridgehead atoms. The number of hydrogen-bond acceptors (Lipinski definition) is 7. The molecule has 0 amide bonds. The lowest BCUT2D eigenvalue weighted by molar-refractivity contribution is -0.0465. The molecule has 4 N–H and O–H groups in total. The molecule has 2 aliphatic rings. The van der Waals surface area contributed by atoms with E-state index in [2.05, 4.69) is 15.3 Å². The zero-order chi connectivity index (χ0) is 14.3. The summed E-state index contributed by atoms with van der Waals surface area (Å²) in [7, 11) is 0. The topological polar surface area (TPSA) is 112 Å². The summed E-state index contributed by atoms with van der Waals surface area (Å²) in [5.74, 6) is 0.359. The lowest BCUT2D eigenvalue weighted by atomic mass is 10.1. The fourth-order valence-corrected chi connectivity index (χ4v) is 2.39. The monoisotopic (exact) mass is 286 g/mol. The number of alkyl halides is 1. The van der Waals surface area contributed by atoms with Gasteiger partial charge in [-0.15, -0.1) is 0 Å². The molecule has 1 aromatic rings. The number of aliphatic hydroxyl groups is 3. The van der Waals surface area contributed by atoms with Crippen LogP contribution in [-0.2, 0) is 4.74 Å². The minimum Gasteiger partial charge on any atom is -0.394 e. The molecule has 20 heavy (non-hydrogen) atoms. The van der Waals surface area contributed by atoms with E-state index in [0.717, 1.165) is 0 Å². The van der Waals surface area contributed by atoms with Gasteiger partial charge in [0.15, 0.2) is 12.4 Å². The number of halogens is 1. The molecule has 4 unspecified atom stereocenters. The maximum atomic E-state index is 14.1. The average Bonchev–Trinajstić information content (AvgIpc) is 2.92. The van der Waals surface area contributed by atoms with Crippen LogP contribution in [0.5, 0.6) is 0 Å². The normalized spacial score (nSPS) is 36.5. The van der Waals surface area contributed by atoms with Gasteiger partial charge in [-0.1, -0.05) is 0 Å². The van der Waals surface area contributed by atoms with E-state index in [4.69, 9.17) is 9.84 Å². The summed E-state index contributed by atoms with van der Waals surface area (Å²) in [5, 5.41) is 31.4. The van der Waals surface area contributed by atoms with Crippen molar-refractivity contribution >= 4 is 12.2 Å². The van der Waals surface area contributed by atoms with Gasteiger partial charge in [0, 0.05) is 0 Å². The first-order valence-electron chi connectivity index (χ1n) is 6.21. The Balaban J connectivity index is 1.94. The zero-order valence-corrected chi connectivity index (χ0v) is 10.4. The standard InChI is InChI=1S/C11H15FN4O4/c12-7-9(19)6(2-17)20-11(7)16-4-15-8-5(18)1-13-3-14-10(8)16/h3-7,9,11,17-19H,1-2H2,(H,13,14)/t5-,6?,7?,9?,11?/m0/s1. The van der Waals surface area contributed by atoms with E-state index in [1.54, 1.807) is 0 Å². The van der Waals surface area contributed by atoms with Crippen molar-refractivity contribution in [1.29, 1.82) is 0 Å². The summed E-state index contributed by atoms with van der Waals surface area (Å²) in [6.45, 7) is -0.323. The average molecular weight is 286 g/mol. The van der Waals surface area contributed by atoms with Crippen LogP contribution >= 0.6 is 0 Å². The number of rotatable bonds is 2. The van der Waals surface area contributed by atoms with Gasteiger partial charge in [0.25, 0.3) is 0 Å². The van der Waals surface area contributed by atoms with E-state index >= 15 is 0 Å². The smallest absolute Gasteiger partial charge is 0.173 e. The molecular weight excluding hydrogens is 271 g/mol. The van der Waals surface area contributed by atoms with Crippen molar-refractivity contribution in [2.45, 2.75) is 30.7 Å². The lowest BCUT2D eigenvalue weighted by Gasteiger charge is -2.17.